The Morgan fingerprint density at radius 3 is 1.94 bits per heavy atom. The zero-order chi connectivity index (χ0) is 13.4. The lowest BCUT2D eigenvalue weighted by Gasteiger charge is -2.30. The van der Waals surface area contributed by atoms with Crippen molar-refractivity contribution in [2.75, 3.05) is 26.7 Å². The van der Waals surface area contributed by atoms with Crippen molar-refractivity contribution in [2.45, 2.75) is 54.0 Å². The predicted octanol–water partition coefficient (Wildman–Crippen LogP) is 3.23. The summed E-state index contributed by atoms with van der Waals surface area (Å²) in [6.07, 6.45) is 1.30. The molecule has 0 heterocycles. The van der Waals surface area contributed by atoms with Gasteiger partial charge in [0, 0.05) is 6.04 Å². The predicted molar refractivity (Wildman–Crippen MR) is 78.4 cm³/mol. The van der Waals surface area contributed by atoms with Gasteiger partial charge in [0.15, 0.2) is 0 Å². The molecule has 2 unspecified atom stereocenters. The van der Waals surface area contributed by atoms with Crippen LogP contribution in [0.25, 0.3) is 0 Å². The molecule has 2 nitrogen and oxygen atoms in total. The molecule has 2 heteroatoms. The van der Waals surface area contributed by atoms with Crippen LogP contribution in [0.1, 0.15) is 48.0 Å². The molecule has 0 spiro atoms. The van der Waals surface area contributed by atoms with Crippen molar-refractivity contribution in [3.05, 3.63) is 0 Å². The lowest BCUT2D eigenvalue weighted by Crippen LogP contribution is -2.40. The van der Waals surface area contributed by atoms with Gasteiger partial charge in [-0.25, -0.2) is 0 Å². The zero-order valence-corrected chi connectivity index (χ0v) is 13.1. The highest BCUT2D eigenvalue weighted by Gasteiger charge is 2.16. The highest BCUT2D eigenvalue weighted by molar-refractivity contribution is 4.72. The molecule has 0 aromatic heterocycles. The lowest BCUT2D eigenvalue weighted by molar-refractivity contribution is 0.186. The van der Waals surface area contributed by atoms with Crippen LogP contribution in [0.3, 0.4) is 0 Å². The summed E-state index contributed by atoms with van der Waals surface area (Å²) in [7, 11) is 2.26. The van der Waals surface area contributed by atoms with E-state index in [2.05, 4.69) is 58.8 Å². The molecule has 0 aromatic carbocycles. The monoisotopic (exact) mass is 242 g/mol. The van der Waals surface area contributed by atoms with Crippen molar-refractivity contribution >= 4 is 0 Å². The number of nitrogens with zero attached hydrogens (tertiary/aromatic N) is 1. The van der Waals surface area contributed by atoms with E-state index in [1.807, 2.05) is 0 Å². The summed E-state index contributed by atoms with van der Waals surface area (Å²) in [5, 5.41) is 3.56. The van der Waals surface area contributed by atoms with Gasteiger partial charge in [-0.3, -0.25) is 0 Å². The molecule has 0 fully saturated rings. The van der Waals surface area contributed by atoms with E-state index < -0.39 is 0 Å². The molecule has 17 heavy (non-hydrogen) atoms. The van der Waals surface area contributed by atoms with E-state index >= 15 is 0 Å². The van der Waals surface area contributed by atoms with Crippen LogP contribution in [0.5, 0.6) is 0 Å². The first-order valence-corrected chi connectivity index (χ1v) is 7.25. The van der Waals surface area contributed by atoms with E-state index in [0.717, 1.165) is 24.9 Å². The Morgan fingerprint density at radius 1 is 0.882 bits per heavy atom. The molecule has 1 N–H and O–H groups in total. The Labute approximate surface area is 109 Å². The minimum atomic E-state index is 0.661. The van der Waals surface area contributed by atoms with Gasteiger partial charge >= 0.3 is 0 Å². The van der Waals surface area contributed by atoms with Crippen LogP contribution in [0, 0.1) is 17.8 Å². The maximum Gasteiger partial charge on any atom is 0.0102 e. The second kappa shape index (κ2) is 8.93. The Balaban J connectivity index is 3.81. The number of hydrogen-bond donors (Lipinski definition) is 1. The minimum absolute atomic E-state index is 0.661. The normalized spacial score (nSPS) is 15.9. The lowest BCUT2D eigenvalue weighted by atomic mass is 10.0. The van der Waals surface area contributed by atoms with E-state index in [0.29, 0.717) is 12.0 Å². The van der Waals surface area contributed by atoms with E-state index in [1.54, 1.807) is 0 Å². The standard InChI is InChI=1S/C15H34N2/c1-12(2)8-9-17(7)15(6)14(5)11-16-10-13(3)4/h12-16H,8-11H2,1-7H3. The van der Waals surface area contributed by atoms with E-state index in [-0.39, 0.29) is 0 Å². The van der Waals surface area contributed by atoms with Crippen molar-refractivity contribution in [1.29, 1.82) is 0 Å². The maximum absolute atomic E-state index is 3.56. The number of rotatable bonds is 9. The summed E-state index contributed by atoms with van der Waals surface area (Å²) in [4.78, 5) is 2.50. The van der Waals surface area contributed by atoms with E-state index in [4.69, 9.17) is 0 Å². The van der Waals surface area contributed by atoms with Crippen LogP contribution in [0.15, 0.2) is 0 Å². The molecule has 104 valence electrons. The summed E-state index contributed by atoms with van der Waals surface area (Å²) >= 11 is 0. The van der Waals surface area contributed by atoms with Crippen molar-refractivity contribution in [1.82, 2.24) is 10.2 Å². The highest BCUT2D eigenvalue weighted by atomic mass is 15.1. The molecule has 0 aliphatic rings. The first-order valence-electron chi connectivity index (χ1n) is 7.25. The highest BCUT2D eigenvalue weighted by Crippen LogP contribution is 2.11. The molecule has 2 atom stereocenters. The largest absolute Gasteiger partial charge is 0.316 e. The fourth-order valence-electron chi connectivity index (χ4n) is 1.87. The molecule has 0 aliphatic heterocycles. The van der Waals surface area contributed by atoms with E-state index in [1.165, 1.54) is 13.0 Å². The van der Waals surface area contributed by atoms with Crippen LogP contribution < -0.4 is 5.32 Å². The van der Waals surface area contributed by atoms with Gasteiger partial charge in [-0.05, 0) is 57.8 Å². The Bertz CT molecular complexity index is 178. The van der Waals surface area contributed by atoms with Gasteiger partial charge in [-0.15, -0.1) is 0 Å². The molecule has 0 radical (unpaired) electrons. The van der Waals surface area contributed by atoms with Gasteiger partial charge in [0.05, 0.1) is 0 Å². The first-order chi connectivity index (χ1) is 7.84. The molecule has 0 saturated heterocycles. The number of hydrogen-bond acceptors (Lipinski definition) is 2. The smallest absolute Gasteiger partial charge is 0.0102 e. The third-order valence-electron chi connectivity index (χ3n) is 3.60. The van der Waals surface area contributed by atoms with Gasteiger partial charge in [-0.2, -0.15) is 0 Å². The van der Waals surface area contributed by atoms with Gasteiger partial charge < -0.3 is 10.2 Å². The molecular weight excluding hydrogens is 208 g/mol. The zero-order valence-electron chi connectivity index (χ0n) is 13.1. The molecule has 0 aromatic rings. The van der Waals surface area contributed by atoms with Crippen molar-refractivity contribution in [3.63, 3.8) is 0 Å². The maximum atomic E-state index is 3.56. The third kappa shape index (κ3) is 8.62. The van der Waals surface area contributed by atoms with Gasteiger partial charge in [0.2, 0.25) is 0 Å². The summed E-state index contributed by atoms with van der Waals surface area (Å²) in [6.45, 7) is 17.3. The van der Waals surface area contributed by atoms with Crippen molar-refractivity contribution in [3.8, 4) is 0 Å². The fraction of sp³-hybridized carbons (Fsp3) is 1.00. The van der Waals surface area contributed by atoms with Crippen LogP contribution in [0.4, 0.5) is 0 Å². The molecule has 0 saturated carbocycles. The van der Waals surface area contributed by atoms with E-state index in [9.17, 15) is 0 Å². The molecule has 0 aliphatic carbocycles. The summed E-state index contributed by atoms with van der Waals surface area (Å²) in [5.41, 5.74) is 0. The second-order valence-corrected chi connectivity index (χ2v) is 6.43. The molecule has 0 amide bonds. The molecule has 0 rings (SSSR count). The van der Waals surface area contributed by atoms with Gasteiger partial charge in [0.1, 0.15) is 0 Å². The Kier molecular flexibility index (Phi) is 8.89. The average Bonchev–Trinajstić information content (AvgIpc) is 2.24. The Hall–Kier alpha value is -0.0800. The van der Waals surface area contributed by atoms with Gasteiger partial charge in [-0.1, -0.05) is 34.6 Å². The van der Waals surface area contributed by atoms with Crippen LogP contribution >= 0.6 is 0 Å². The van der Waals surface area contributed by atoms with Crippen LogP contribution in [0.2, 0.25) is 0 Å². The average molecular weight is 242 g/mol. The minimum Gasteiger partial charge on any atom is -0.316 e. The quantitative estimate of drug-likeness (QED) is 0.668. The fourth-order valence-corrected chi connectivity index (χ4v) is 1.87. The van der Waals surface area contributed by atoms with Crippen LogP contribution in [-0.4, -0.2) is 37.6 Å². The van der Waals surface area contributed by atoms with Crippen LogP contribution in [-0.2, 0) is 0 Å². The summed E-state index contributed by atoms with van der Waals surface area (Å²) in [5.74, 6) is 2.26. The molecular formula is C15H34N2. The number of nitrogens with one attached hydrogen (secondary N) is 1. The first kappa shape index (κ1) is 16.9. The topological polar surface area (TPSA) is 15.3 Å². The van der Waals surface area contributed by atoms with Gasteiger partial charge in [0.25, 0.3) is 0 Å². The SMILES string of the molecule is CC(C)CCN(C)C(C)C(C)CNCC(C)C. The summed E-state index contributed by atoms with van der Waals surface area (Å²) in [6, 6.07) is 0.661. The van der Waals surface area contributed by atoms with Crippen molar-refractivity contribution < 1.29 is 0 Å². The second-order valence-electron chi connectivity index (χ2n) is 6.43. The third-order valence-corrected chi connectivity index (χ3v) is 3.60. The Morgan fingerprint density at radius 2 is 1.47 bits per heavy atom. The molecule has 0 bridgehead atoms. The van der Waals surface area contributed by atoms with Crippen molar-refractivity contribution in [2.24, 2.45) is 17.8 Å². The summed E-state index contributed by atoms with van der Waals surface area (Å²) < 4.78 is 0.